The highest BCUT2D eigenvalue weighted by atomic mass is 32.2. The predicted octanol–water partition coefficient (Wildman–Crippen LogP) is 4.29. The number of thioether (sulfide) groups is 1. The van der Waals surface area contributed by atoms with Gasteiger partial charge in [0.05, 0.1) is 5.75 Å². The first-order valence-corrected chi connectivity index (χ1v) is 9.52. The van der Waals surface area contributed by atoms with Crippen LogP contribution in [0.4, 0.5) is 4.39 Å². The molecule has 0 atom stereocenters. The number of carbonyl (C=O) groups is 1. The van der Waals surface area contributed by atoms with E-state index in [1.54, 1.807) is 12.1 Å². The molecule has 0 aliphatic heterocycles. The number of carbonyl (C=O) groups excluding carboxylic acids is 1. The minimum atomic E-state index is -0.305. The van der Waals surface area contributed by atoms with Crippen LogP contribution in [0.2, 0.25) is 0 Å². The zero-order valence-corrected chi connectivity index (χ0v) is 16.4. The van der Waals surface area contributed by atoms with Crippen LogP contribution in [0, 0.1) is 26.6 Å². The van der Waals surface area contributed by atoms with Gasteiger partial charge in [-0.1, -0.05) is 23.9 Å². The standard InChI is InChI=1S/C20H21FN4OS/c1-5-9-24-15(4)22-23-20(24)27-12-19(26)18-10-13(2)25(14(18)3)17-8-6-7-16(21)11-17/h5-8,10-11H,1,9,12H2,2-4H3. The van der Waals surface area contributed by atoms with E-state index in [-0.39, 0.29) is 17.4 Å². The van der Waals surface area contributed by atoms with Crippen molar-refractivity contribution >= 4 is 17.5 Å². The first-order chi connectivity index (χ1) is 12.9. The summed E-state index contributed by atoms with van der Waals surface area (Å²) in [7, 11) is 0. The molecule has 0 aliphatic rings. The molecule has 0 aliphatic carbocycles. The largest absolute Gasteiger partial charge is 0.318 e. The monoisotopic (exact) mass is 384 g/mol. The Morgan fingerprint density at radius 1 is 1.26 bits per heavy atom. The molecule has 5 nitrogen and oxygen atoms in total. The van der Waals surface area contributed by atoms with Crippen molar-refractivity contribution in [2.45, 2.75) is 32.5 Å². The second-order valence-electron chi connectivity index (χ2n) is 6.24. The lowest BCUT2D eigenvalue weighted by Crippen LogP contribution is -2.07. The molecule has 2 heterocycles. The first kappa shape index (κ1) is 19.1. The number of halogens is 1. The number of rotatable bonds is 7. The van der Waals surface area contributed by atoms with Gasteiger partial charge in [-0.25, -0.2) is 4.39 Å². The summed E-state index contributed by atoms with van der Waals surface area (Å²) >= 11 is 1.36. The highest BCUT2D eigenvalue weighted by Gasteiger charge is 2.18. The molecule has 0 N–H and O–H groups in total. The molecule has 2 aromatic heterocycles. The summed E-state index contributed by atoms with van der Waals surface area (Å²) in [5.41, 5.74) is 3.03. The fraction of sp³-hybridized carbons (Fsp3) is 0.250. The van der Waals surface area contributed by atoms with Crippen molar-refractivity contribution in [3.05, 3.63) is 71.6 Å². The summed E-state index contributed by atoms with van der Waals surface area (Å²) in [4.78, 5) is 12.8. The lowest BCUT2D eigenvalue weighted by atomic mass is 10.2. The van der Waals surface area contributed by atoms with Gasteiger partial charge in [-0.15, -0.1) is 16.8 Å². The lowest BCUT2D eigenvalue weighted by Gasteiger charge is -2.10. The Morgan fingerprint density at radius 2 is 2.04 bits per heavy atom. The lowest BCUT2D eigenvalue weighted by molar-refractivity contribution is 0.102. The Balaban J connectivity index is 1.82. The average molecular weight is 384 g/mol. The van der Waals surface area contributed by atoms with Gasteiger partial charge in [0.2, 0.25) is 0 Å². The molecular formula is C20H21FN4OS. The van der Waals surface area contributed by atoms with E-state index >= 15 is 0 Å². The van der Waals surface area contributed by atoms with E-state index < -0.39 is 0 Å². The van der Waals surface area contributed by atoms with E-state index in [0.717, 1.165) is 17.2 Å². The molecule has 0 amide bonds. The molecule has 140 valence electrons. The van der Waals surface area contributed by atoms with Crippen LogP contribution in [-0.2, 0) is 6.54 Å². The van der Waals surface area contributed by atoms with Crippen molar-refractivity contribution in [1.82, 2.24) is 19.3 Å². The van der Waals surface area contributed by atoms with Crippen molar-refractivity contribution in [3.63, 3.8) is 0 Å². The number of allylic oxidation sites excluding steroid dienone is 1. The van der Waals surface area contributed by atoms with Crippen molar-refractivity contribution in [2.24, 2.45) is 0 Å². The average Bonchev–Trinajstić information content (AvgIpc) is 3.13. The van der Waals surface area contributed by atoms with E-state index in [1.165, 1.54) is 23.9 Å². The molecule has 7 heteroatoms. The van der Waals surface area contributed by atoms with E-state index in [1.807, 2.05) is 42.0 Å². The molecule has 1 aromatic carbocycles. The Hall–Kier alpha value is -2.67. The highest BCUT2D eigenvalue weighted by molar-refractivity contribution is 7.99. The van der Waals surface area contributed by atoms with Crippen molar-refractivity contribution < 1.29 is 9.18 Å². The number of nitrogens with zero attached hydrogens (tertiary/aromatic N) is 4. The van der Waals surface area contributed by atoms with Crippen LogP contribution in [0.25, 0.3) is 5.69 Å². The van der Waals surface area contributed by atoms with Gasteiger partial charge in [-0.2, -0.15) is 0 Å². The summed E-state index contributed by atoms with van der Waals surface area (Å²) in [6.45, 7) is 9.99. The molecule has 27 heavy (non-hydrogen) atoms. The number of hydrogen-bond acceptors (Lipinski definition) is 4. The molecule has 0 saturated carbocycles. The Labute approximate surface area is 161 Å². The van der Waals surface area contributed by atoms with E-state index in [4.69, 9.17) is 0 Å². The molecular weight excluding hydrogens is 363 g/mol. The molecule has 0 bridgehead atoms. The van der Waals surface area contributed by atoms with Crippen LogP contribution in [0.5, 0.6) is 0 Å². The second-order valence-corrected chi connectivity index (χ2v) is 7.18. The van der Waals surface area contributed by atoms with Crippen LogP contribution < -0.4 is 0 Å². The fourth-order valence-corrected chi connectivity index (χ4v) is 3.95. The third-order valence-corrected chi connectivity index (χ3v) is 5.31. The molecule has 0 spiro atoms. The number of Topliss-reactive ketones (excluding diaryl/α,β-unsaturated/α-hetero) is 1. The first-order valence-electron chi connectivity index (χ1n) is 8.54. The van der Waals surface area contributed by atoms with Gasteiger partial charge in [0.1, 0.15) is 11.6 Å². The normalized spacial score (nSPS) is 11.0. The molecule has 0 fully saturated rings. The summed E-state index contributed by atoms with van der Waals surface area (Å²) in [6.07, 6.45) is 1.77. The number of benzene rings is 1. The zero-order chi connectivity index (χ0) is 19.6. The van der Waals surface area contributed by atoms with Crippen molar-refractivity contribution in [3.8, 4) is 5.69 Å². The van der Waals surface area contributed by atoms with Crippen LogP contribution in [0.1, 0.15) is 27.6 Å². The quantitative estimate of drug-likeness (QED) is 0.346. The maximum atomic E-state index is 13.6. The minimum Gasteiger partial charge on any atom is -0.318 e. The highest BCUT2D eigenvalue weighted by Crippen LogP contribution is 2.24. The summed E-state index contributed by atoms with van der Waals surface area (Å²) < 4.78 is 17.4. The maximum Gasteiger partial charge on any atom is 0.191 e. The van der Waals surface area contributed by atoms with Crippen molar-refractivity contribution in [2.75, 3.05) is 5.75 Å². The van der Waals surface area contributed by atoms with Gasteiger partial charge >= 0.3 is 0 Å². The molecule has 0 unspecified atom stereocenters. The van der Waals surface area contributed by atoms with Crippen LogP contribution in [-0.4, -0.2) is 30.9 Å². The van der Waals surface area contributed by atoms with Gasteiger partial charge in [0, 0.05) is 29.2 Å². The summed E-state index contributed by atoms with van der Waals surface area (Å²) in [5, 5.41) is 8.89. The van der Waals surface area contributed by atoms with E-state index in [9.17, 15) is 9.18 Å². The van der Waals surface area contributed by atoms with Gasteiger partial charge in [0.15, 0.2) is 10.9 Å². The fourth-order valence-electron chi connectivity index (χ4n) is 3.07. The smallest absolute Gasteiger partial charge is 0.191 e. The van der Waals surface area contributed by atoms with Gasteiger partial charge in [-0.3, -0.25) is 4.79 Å². The van der Waals surface area contributed by atoms with E-state index in [2.05, 4.69) is 16.8 Å². The Morgan fingerprint density at radius 3 is 2.74 bits per heavy atom. The van der Waals surface area contributed by atoms with Gasteiger partial charge in [0.25, 0.3) is 0 Å². The Bertz CT molecular complexity index is 1010. The third kappa shape index (κ3) is 3.88. The second kappa shape index (κ2) is 7.92. The number of ketones is 1. The Kier molecular flexibility index (Phi) is 5.60. The molecule has 0 radical (unpaired) electrons. The van der Waals surface area contributed by atoms with Crippen LogP contribution in [0.3, 0.4) is 0 Å². The SMILES string of the molecule is C=CCn1c(C)nnc1SCC(=O)c1cc(C)n(-c2cccc(F)c2)c1C. The number of aromatic nitrogens is 4. The summed E-state index contributed by atoms with van der Waals surface area (Å²) in [6, 6.07) is 8.20. The minimum absolute atomic E-state index is 0.00144. The molecule has 0 saturated heterocycles. The topological polar surface area (TPSA) is 52.7 Å². The number of hydrogen-bond donors (Lipinski definition) is 0. The summed E-state index contributed by atoms with van der Waals surface area (Å²) in [5.74, 6) is 0.735. The number of aryl methyl sites for hydroxylation is 2. The zero-order valence-electron chi connectivity index (χ0n) is 15.6. The van der Waals surface area contributed by atoms with Crippen LogP contribution in [0.15, 0.2) is 48.1 Å². The van der Waals surface area contributed by atoms with Gasteiger partial charge in [-0.05, 0) is 45.0 Å². The van der Waals surface area contributed by atoms with Crippen LogP contribution >= 0.6 is 11.8 Å². The van der Waals surface area contributed by atoms with Crippen molar-refractivity contribution in [1.29, 1.82) is 0 Å². The third-order valence-electron chi connectivity index (χ3n) is 4.34. The maximum absolute atomic E-state index is 13.6. The van der Waals surface area contributed by atoms with Gasteiger partial charge < -0.3 is 9.13 Å². The molecule has 3 rings (SSSR count). The molecule has 3 aromatic rings. The van der Waals surface area contributed by atoms with E-state index in [0.29, 0.717) is 23.0 Å². The predicted molar refractivity (Wildman–Crippen MR) is 105 cm³/mol.